The van der Waals surface area contributed by atoms with Crippen LogP contribution in [0.3, 0.4) is 0 Å². The third-order valence-corrected chi connectivity index (χ3v) is 2.45. The van der Waals surface area contributed by atoms with Gasteiger partial charge >= 0.3 is 0 Å². The van der Waals surface area contributed by atoms with E-state index < -0.39 is 0 Å². The van der Waals surface area contributed by atoms with Crippen LogP contribution >= 0.6 is 0 Å². The van der Waals surface area contributed by atoms with Crippen LogP contribution in [0, 0.1) is 0 Å². The summed E-state index contributed by atoms with van der Waals surface area (Å²) in [5.41, 5.74) is 12.5. The van der Waals surface area contributed by atoms with Crippen molar-refractivity contribution in [2.75, 3.05) is 24.7 Å². The molecule has 0 bridgehead atoms. The van der Waals surface area contributed by atoms with Crippen molar-refractivity contribution in [2.24, 2.45) is 0 Å². The molecule has 0 spiro atoms. The van der Waals surface area contributed by atoms with E-state index in [4.69, 9.17) is 16.2 Å². The first kappa shape index (κ1) is 9.21. The van der Waals surface area contributed by atoms with Crippen LogP contribution in [0.25, 0.3) is 0 Å². The topological polar surface area (TPSA) is 87.0 Å². The van der Waals surface area contributed by atoms with Gasteiger partial charge in [-0.3, -0.25) is 0 Å². The van der Waals surface area contributed by atoms with Gasteiger partial charge in [-0.1, -0.05) is 0 Å². The third-order valence-electron chi connectivity index (χ3n) is 2.45. The lowest BCUT2D eigenvalue weighted by Crippen LogP contribution is -2.17. The normalized spacial score (nSPS) is 22.1. The van der Waals surface area contributed by atoms with Crippen molar-refractivity contribution >= 4 is 11.5 Å². The van der Waals surface area contributed by atoms with Gasteiger partial charge in [0.2, 0.25) is 0 Å². The minimum atomic E-state index is 0.297. The molecule has 4 N–H and O–H groups in total. The summed E-state index contributed by atoms with van der Waals surface area (Å²) in [6.07, 6.45) is 2.15. The van der Waals surface area contributed by atoms with Gasteiger partial charge in [0.15, 0.2) is 5.82 Å². The van der Waals surface area contributed by atoms with E-state index in [1.807, 2.05) is 0 Å². The maximum absolute atomic E-state index is 5.66. The molecule has 0 saturated carbocycles. The van der Waals surface area contributed by atoms with E-state index in [1.165, 1.54) is 0 Å². The van der Waals surface area contributed by atoms with Gasteiger partial charge in [0.1, 0.15) is 0 Å². The van der Waals surface area contributed by atoms with Gasteiger partial charge in [0.25, 0.3) is 0 Å². The number of nitrogen functional groups attached to an aromatic ring is 2. The molecule has 0 aromatic carbocycles. The molecule has 0 amide bonds. The Kier molecular flexibility index (Phi) is 2.49. The number of ether oxygens (including phenoxy) is 1. The van der Waals surface area contributed by atoms with E-state index in [0.29, 0.717) is 24.0 Å². The number of aromatic nitrogens is 2. The molecule has 1 saturated heterocycles. The Morgan fingerprint density at radius 3 is 2.86 bits per heavy atom. The summed E-state index contributed by atoms with van der Waals surface area (Å²) < 4.78 is 5.37. The van der Waals surface area contributed by atoms with Gasteiger partial charge in [0.05, 0.1) is 18.0 Å². The fourth-order valence-electron chi connectivity index (χ4n) is 1.60. The first-order valence-electron chi connectivity index (χ1n) is 4.73. The first-order chi connectivity index (χ1) is 6.77. The molecule has 1 aromatic heterocycles. The zero-order chi connectivity index (χ0) is 9.97. The first-order valence-corrected chi connectivity index (χ1v) is 4.73. The Morgan fingerprint density at radius 2 is 2.21 bits per heavy atom. The van der Waals surface area contributed by atoms with E-state index in [1.54, 1.807) is 6.07 Å². The minimum Gasteiger partial charge on any atom is -0.396 e. The molecule has 76 valence electrons. The van der Waals surface area contributed by atoms with Crippen LogP contribution in [0.1, 0.15) is 24.5 Å². The van der Waals surface area contributed by atoms with Crippen molar-refractivity contribution in [3.8, 4) is 0 Å². The van der Waals surface area contributed by atoms with E-state index in [9.17, 15) is 0 Å². The van der Waals surface area contributed by atoms with Crippen LogP contribution < -0.4 is 11.5 Å². The molecule has 14 heavy (non-hydrogen) atoms. The van der Waals surface area contributed by atoms with Gasteiger partial charge < -0.3 is 16.2 Å². The second-order valence-corrected chi connectivity index (χ2v) is 3.52. The quantitative estimate of drug-likeness (QED) is 0.681. The smallest absolute Gasteiger partial charge is 0.169 e. The summed E-state index contributed by atoms with van der Waals surface area (Å²) in [7, 11) is 0. The monoisotopic (exact) mass is 194 g/mol. The van der Waals surface area contributed by atoms with E-state index >= 15 is 0 Å². The fourth-order valence-corrected chi connectivity index (χ4v) is 1.60. The number of nitrogens with two attached hydrogens (primary N) is 2. The van der Waals surface area contributed by atoms with Crippen molar-refractivity contribution in [1.29, 1.82) is 0 Å². The zero-order valence-corrected chi connectivity index (χ0v) is 7.94. The molecule has 1 unspecified atom stereocenters. The zero-order valence-electron chi connectivity index (χ0n) is 7.94. The SMILES string of the molecule is Nc1cc(C2CCCOC2)nnc1N. The van der Waals surface area contributed by atoms with E-state index in [-0.39, 0.29) is 0 Å². The van der Waals surface area contributed by atoms with Gasteiger partial charge in [-0.25, -0.2) is 0 Å². The number of rotatable bonds is 1. The Morgan fingerprint density at radius 1 is 1.36 bits per heavy atom. The molecule has 2 rings (SSSR count). The minimum absolute atomic E-state index is 0.297. The summed E-state index contributed by atoms with van der Waals surface area (Å²) in [6, 6.07) is 1.79. The number of anilines is 2. The van der Waals surface area contributed by atoms with Crippen LogP contribution in [0.2, 0.25) is 0 Å². The molecular weight excluding hydrogens is 180 g/mol. The molecule has 1 fully saturated rings. The van der Waals surface area contributed by atoms with Crippen molar-refractivity contribution in [3.05, 3.63) is 11.8 Å². The highest BCUT2D eigenvalue weighted by molar-refractivity contribution is 5.57. The Labute approximate surface area is 82.5 Å². The Hall–Kier alpha value is -1.36. The highest BCUT2D eigenvalue weighted by Crippen LogP contribution is 2.25. The average molecular weight is 194 g/mol. The second-order valence-electron chi connectivity index (χ2n) is 3.52. The van der Waals surface area contributed by atoms with Gasteiger partial charge in [-0.15, -0.1) is 5.10 Å². The van der Waals surface area contributed by atoms with E-state index in [0.717, 1.165) is 25.1 Å². The van der Waals surface area contributed by atoms with Crippen molar-refractivity contribution in [2.45, 2.75) is 18.8 Å². The lowest BCUT2D eigenvalue weighted by molar-refractivity contribution is 0.0791. The molecule has 1 atom stereocenters. The average Bonchev–Trinajstić information content (AvgIpc) is 2.23. The molecule has 1 aliphatic rings. The fraction of sp³-hybridized carbons (Fsp3) is 0.556. The molecule has 1 aliphatic heterocycles. The highest BCUT2D eigenvalue weighted by atomic mass is 16.5. The molecule has 0 aliphatic carbocycles. The number of hydrogen-bond acceptors (Lipinski definition) is 5. The summed E-state index contributed by atoms with van der Waals surface area (Å²) in [4.78, 5) is 0. The molecule has 5 heteroatoms. The third kappa shape index (κ3) is 1.77. The summed E-state index contributed by atoms with van der Waals surface area (Å²) >= 11 is 0. The van der Waals surface area contributed by atoms with Gasteiger partial charge in [0, 0.05) is 12.5 Å². The number of nitrogens with zero attached hydrogens (tertiary/aromatic N) is 2. The predicted octanol–water partition coefficient (Wildman–Crippen LogP) is 0.535. The van der Waals surface area contributed by atoms with Crippen molar-refractivity contribution in [1.82, 2.24) is 10.2 Å². The van der Waals surface area contributed by atoms with Crippen LogP contribution in [-0.4, -0.2) is 23.4 Å². The van der Waals surface area contributed by atoms with Crippen LogP contribution in [0.15, 0.2) is 6.07 Å². The lowest BCUT2D eigenvalue weighted by atomic mass is 9.98. The Bertz CT molecular complexity index is 323. The molecule has 1 aromatic rings. The second kappa shape index (κ2) is 3.79. The summed E-state index contributed by atoms with van der Waals surface area (Å²) in [5.74, 6) is 0.615. The molecule has 2 heterocycles. The van der Waals surface area contributed by atoms with E-state index in [2.05, 4.69) is 10.2 Å². The van der Waals surface area contributed by atoms with Crippen molar-refractivity contribution < 1.29 is 4.74 Å². The molecular formula is C9H14N4O. The van der Waals surface area contributed by atoms with Gasteiger partial charge in [-0.05, 0) is 18.9 Å². The number of hydrogen-bond donors (Lipinski definition) is 2. The summed E-state index contributed by atoms with van der Waals surface area (Å²) in [5, 5.41) is 7.83. The Balaban J connectivity index is 2.18. The van der Waals surface area contributed by atoms with Gasteiger partial charge in [-0.2, -0.15) is 5.10 Å². The van der Waals surface area contributed by atoms with Crippen molar-refractivity contribution in [3.63, 3.8) is 0 Å². The highest BCUT2D eigenvalue weighted by Gasteiger charge is 2.18. The largest absolute Gasteiger partial charge is 0.396 e. The maximum atomic E-state index is 5.66. The predicted molar refractivity (Wildman–Crippen MR) is 53.7 cm³/mol. The van der Waals surface area contributed by atoms with Crippen LogP contribution in [-0.2, 0) is 4.74 Å². The van der Waals surface area contributed by atoms with Crippen LogP contribution in [0.4, 0.5) is 11.5 Å². The summed E-state index contributed by atoms with van der Waals surface area (Å²) in [6.45, 7) is 1.55. The lowest BCUT2D eigenvalue weighted by Gasteiger charge is -2.21. The molecule has 0 radical (unpaired) electrons. The maximum Gasteiger partial charge on any atom is 0.169 e. The molecule has 5 nitrogen and oxygen atoms in total. The standard InChI is InChI=1S/C9H14N4O/c10-7-4-8(12-13-9(7)11)6-2-1-3-14-5-6/h4,6H,1-3,5H2,(H2,10,12)(H2,11,13). The van der Waals surface area contributed by atoms with Crippen LogP contribution in [0.5, 0.6) is 0 Å².